The van der Waals surface area contributed by atoms with Gasteiger partial charge in [0.1, 0.15) is 0 Å². The van der Waals surface area contributed by atoms with E-state index in [1.165, 1.54) is 19.3 Å². The van der Waals surface area contributed by atoms with Crippen molar-refractivity contribution in [2.24, 2.45) is 11.3 Å². The Morgan fingerprint density at radius 1 is 1.04 bits per heavy atom. The lowest BCUT2D eigenvalue weighted by atomic mass is 9.87. The maximum absolute atomic E-state index is 13.1. The molecule has 0 aromatic carbocycles. The van der Waals surface area contributed by atoms with E-state index in [4.69, 9.17) is 0 Å². The van der Waals surface area contributed by atoms with Crippen LogP contribution in [0.3, 0.4) is 0 Å². The van der Waals surface area contributed by atoms with Crippen LogP contribution in [0.15, 0.2) is 0 Å². The minimum absolute atomic E-state index is 0.0347. The predicted octanol–water partition coefficient (Wildman–Crippen LogP) is 3.90. The number of carbonyl (C=O) groups excluding carboxylic acids is 2. The van der Waals surface area contributed by atoms with E-state index in [0.29, 0.717) is 12.3 Å². The molecule has 3 aliphatic rings. The second-order valence-corrected chi connectivity index (χ2v) is 10.7. The van der Waals surface area contributed by atoms with Crippen LogP contribution >= 0.6 is 11.8 Å². The summed E-state index contributed by atoms with van der Waals surface area (Å²) in [5, 5.41) is 0. The van der Waals surface area contributed by atoms with Crippen molar-refractivity contribution in [2.75, 3.05) is 25.4 Å². The average Bonchev–Trinajstić information content (AvgIpc) is 2.97. The van der Waals surface area contributed by atoms with Crippen molar-refractivity contribution >= 4 is 23.6 Å². The van der Waals surface area contributed by atoms with Gasteiger partial charge in [0, 0.05) is 37.7 Å². The van der Waals surface area contributed by atoms with E-state index >= 15 is 0 Å². The van der Waals surface area contributed by atoms with Crippen LogP contribution in [0.5, 0.6) is 0 Å². The summed E-state index contributed by atoms with van der Waals surface area (Å²) in [6.45, 7) is 8.86. The van der Waals surface area contributed by atoms with Gasteiger partial charge in [-0.3, -0.25) is 9.59 Å². The zero-order valence-corrected chi connectivity index (χ0v) is 17.0. The van der Waals surface area contributed by atoms with Gasteiger partial charge in [0.15, 0.2) is 0 Å². The average molecular weight is 367 g/mol. The molecule has 0 N–H and O–H groups in total. The molecule has 4 nitrogen and oxygen atoms in total. The highest BCUT2D eigenvalue weighted by Crippen LogP contribution is 2.45. The van der Waals surface area contributed by atoms with Gasteiger partial charge in [0.05, 0.1) is 4.87 Å². The molecule has 1 spiro atoms. The van der Waals surface area contributed by atoms with Gasteiger partial charge in [-0.25, -0.2) is 0 Å². The molecule has 1 saturated carbocycles. The minimum atomic E-state index is -0.0347. The van der Waals surface area contributed by atoms with E-state index in [1.807, 2.05) is 16.7 Å². The summed E-state index contributed by atoms with van der Waals surface area (Å²) < 4.78 is 0. The molecule has 5 heteroatoms. The molecule has 3 fully saturated rings. The molecule has 2 saturated heterocycles. The first-order valence-electron chi connectivity index (χ1n) is 10.0. The molecule has 3 rings (SSSR count). The van der Waals surface area contributed by atoms with Crippen molar-refractivity contribution in [3.8, 4) is 0 Å². The van der Waals surface area contributed by atoms with Crippen LogP contribution in [0.1, 0.15) is 72.1 Å². The van der Waals surface area contributed by atoms with Crippen LogP contribution < -0.4 is 0 Å². The molecular formula is C20H34N2O2S. The van der Waals surface area contributed by atoms with Crippen molar-refractivity contribution in [3.05, 3.63) is 0 Å². The molecular weight excluding hydrogens is 332 g/mol. The first-order valence-corrected chi connectivity index (χ1v) is 11.0. The van der Waals surface area contributed by atoms with Crippen LogP contribution in [0.2, 0.25) is 0 Å². The molecule has 0 aromatic rings. The Bertz CT molecular complexity index is 500. The van der Waals surface area contributed by atoms with E-state index in [1.54, 1.807) is 0 Å². The summed E-state index contributed by atoms with van der Waals surface area (Å²) in [4.78, 5) is 29.8. The van der Waals surface area contributed by atoms with Gasteiger partial charge in [-0.1, -0.05) is 40.0 Å². The lowest BCUT2D eigenvalue weighted by Gasteiger charge is -2.45. The molecule has 2 heterocycles. The third-order valence-corrected chi connectivity index (χ3v) is 7.53. The summed E-state index contributed by atoms with van der Waals surface area (Å²) in [6, 6.07) is 0. The monoisotopic (exact) mass is 366 g/mol. The maximum Gasteiger partial charge on any atom is 0.226 e. The second-order valence-electron chi connectivity index (χ2n) is 9.24. The van der Waals surface area contributed by atoms with E-state index in [2.05, 4.69) is 25.7 Å². The van der Waals surface area contributed by atoms with Crippen molar-refractivity contribution in [2.45, 2.75) is 77.0 Å². The van der Waals surface area contributed by atoms with Crippen LogP contribution in [0.25, 0.3) is 0 Å². The molecule has 0 radical (unpaired) electrons. The molecule has 0 bridgehead atoms. The number of carbonyl (C=O) groups is 2. The number of nitrogens with zero attached hydrogens (tertiary/aromatic N) is 2. The Kier molecular flexibility index (Phi) is 5.72. The lowest BCUT2D eigenvalue weighted by Crippen LogP contribution is -2.55. The molecule has 0 aromatic heterocycles. The van der Waals surface area contributed by atoms with Gasteiger partial charge in [0.2, 0.25) is 11.8 Å². The third kappa shape index (κ3) is 4.35. The van der Waals surface area contributed by atoms with Gasteiger partial charge in [-0.15, -0.1) is 11.8 Å². The Morgan fingerprint density at radius 2 is 1.68 bits per heavy atom. The normalized spacial score (nSPS) is 24.8. The summed E-state index contributed by atoms with van der Waals surface area (Å²) in [6.07, 6.45) is 8.34. The fourth-order valence-electron chi connectivity index (χ4n) is 4.57. The van der Waals surface area contributed by atoms with Crippen molar-refractivity contribution in [1.29, 1.82) is 0 Å². The summed E-state index contributed by atoms with van der Waals surface area (Å²) >= 11 is 1.96. The van der Waals surface area contributed by atoms with Gasteiger partial charge in [-0.05, 0) is 31.1 Å². The highest BCUT2D eigenvalue weighted by Gasteiger charge is 2.48. The van der Waals surface area contributed by atoms with Gasteiger partial charge >= 0.3 is 0 Å². The molecule has 0 unspecified atom stereocenters. The molecule has 2 amide bonds. The minimum Gasteiger partial charge on any atom is -0.342 e. The Labute approximate surface area is 157 Å². The van der Waals surface area contributed by atoms with Crippen LogP contribution in [-0.4, -0.2) is 51.9 Å². The lowest BCUT2D eigenvalue weighted by molar-refractivity contribution is -0.141. The van der Waals surface area contributed by atoms with E-state index < -0.39 is 0 Å². The highest BCUT2D eigenvalue weighted by atomic mass is 32.2. The van der Waals surface area contributed by atoms with Gasteiger partial charge in [0.25, 0.3) is 0 Å². The standard InChI is InChI=1S/C20H34N2O2S/c1-19(2,3)15-17(23)21-11-9-20(10-12-21)22(13-14-25-20)18(24)16-7-5-4-6-8-16/h16H,4-15H2,1-3H3. The highest BCUT2D eigenvalue weighted by molar-refractivity contribution is 8.00. The number of thioether (sulfide) groups is 1. The van der Waals surface area contributed by atoms with E-state index in [0.717, 1.165) is 51.1 Å². The molecule has 0 atom stereocenters. The summed E-state index contributed by atoms with van der Waals surface area (Å²) in [7, 11) is 0. The number of hydrogen-bond acceptors (Lipinski definition) is 3. The number of rotatable bonds is 2. The number of hydrogen-bond donors (Lipinski definition) is 0. The van der Waals surface area contributed by atoms with Crippen molar-refractivity contribution in [1.82, 2.24) is 9.80 Å². The second kappa shape index (κ2) is 7.50. The largest absolute Gasteiger partial charge is 0.342 e. The molecule has 1 aliphatic carbocycles. The van der Waals surface area contributed by atoms with Crippen LogP contribution in [-0.2, 0) is 9.59 Å². The Balaban J connectivity index is 1.60. The molecule has 2 aliphatic heterocycles. The number of likely N-dealkylation sites (tertiary alicyclic amines) is 1. The van der Waals surface area contributed by atoms with Gasteiger partial charge < -0.3 is 9.80 Å². The SMILES string of the molecule is CC(C)(C)CC(=O)N1CCC2(CC1)SCCN2C(=O)C1CCCCC1. The van der Waals surface area contributed by atoms with Crippen molar-refractivity contribution < 1.29 is 9.59 Å². The topological polar surface area (TPSA) is 40.6 Å². The zero-order valence-electron chi connectivity index (χ0n) is 16.2. The van der Waals surface area contributed by atoms with E-state index in [9.17, 15) is 9.59 Å². The van der Waals surface area contributed by atoms with Crippen molar-refractivity contribution in [3.63, 3.8) is 0 Å². The first-order chi connectivity index (χ1) is 11.8. The maximum atomic E-state index is 13.1. The zero-order chi connectivity index (χ0) is 18.1. The molecule has 142 valence electrons. The van der Waals surface area contributed by atoms with Gasteiger partial charge in [-0.2, -0.15) is 0 Å². The predicted molar refractivity (Wildman–Crippen MR) is 103 cm³/mol. The summed E-state index contributed by atoms with van der Waals surface area (Å²) in [5.41, 5.74) is 0.0390. The Morgan fingerprint density at radius 3 is 2.28 bits per heavy atom. The third-order valence-electron chi connectivity index (χ3n) is 5.98. The van der Waals surface area contributed by atoms with E-state index in [-0.39, 0.29) is 22.1 Å². The smallest absolute Gasteiger partial charge is 0.226 e. The summed E-state index contributed by atoms with van der Waals surface area (Å²) in [5.74, 6) is 1.98. The number of amides is 2. The first kappa shape index (κ1) is 19.1. The van der Waals surface area contributed by atoms with Crippen LogP contribution in [0.4, 0.5) is 0 Å². The van der Waals surface area contributed by atoms with Crippen LogP contribution in [0, 0.1) is 11.3 Å². The fourth-order valence-corrected chi connectivity index (χ4v) is 6.04. The Hall–Kier alpha value is -0.710. The fraction of sp³-hybridized carbons (Fsp3) is 0.900. The number of piperidine rings is 1. The quantitative estimate of drug-likeness (QED) is 0.744. The molecule has 25 heavy (non-hydrogen) atoms.